The zero-order chi connectivity index (χ0) is 17.5. The van der Waals surface area contributed by atoms with Crippen LogP contribution >= 0.6 is 11.6 Å². The summed E-state index contributed by atoms with van der Waals surface area (Å²) in [6.45, 7) is 2.38. The van der Waals surface area contributed by atoms with E-state index >= 15 is 0 Å². The lowest BCUT2D eigenvalue weighted by molar-refractivity contribution is -0.121. The van der Waals surface area contributed by atoms with E-state index in [1.807, 2.05) is 6.92 Å². The molecule has 0 bridgehead atoms. The quantitative estimate of drug-likeness (QED) is 0.732. The van der Waals surface area contributed by atoms with E-state index in [2.05, 4.69) is 5.32 Å². The van der Waals surface area contributed by atoms with Crippen molar-refractivity contribution in [2.45, 2.75) is 26.2 Å². The normalized spacial score (nSPS) is 11.1. The highest BCUT2D eigenvalue weighted by atomic mass is 35.5. The Labute approximate surface area is 142 Å². The molecule has 130 valence electrons. The number of sulfonamides is 1. The first-order chi connectivity index (χ1) is 10.8. The van der Waals surface area contributed by atoms with E-state index in [4.69, 9.17) is 16.3 Å². The van der Waals surface area contributed by atoms with Crippen molar-refractivity contribution < 1.29 is 17.9 Å². The largest absolute Gasteiger partial charge is 0.495 e. The Bertz CT molecular complexity index is 634. The molecule has 0 atom stereocenters. The molecule has 8 heteroatoms. The van der Waals surface area contributed by atoms with E-state index < -0.39 is 10.0 Å². The minimum Gasteiger partial charge on any atom is -0.495 e. The third-order valence-corrected chi connectivity index (χ3v) is 4.71. The highest BCUT2D eigenvalue weighted by molar-refractivity contribution is 7.92. The fraction of sp³-hybridized carbons (Fsp3) is 0.533. The number of benzene rings is 1. The molecule has 0 heterocycles. The highest BCUT2D eigenvalue weighted by Crippen LogP contribution is 2.29. The Balaban J connectivity index is 2.79. The van der Waals surface area contributed by atoms with Gasteiger partial charge in [-0.1, -0.05) is 24.9 Å². The maximum Gasteiger partial charge on any atom is 0.232 e. The number of rotatable bonds is 9. The number of hydrogen-bond donors (Lipinski definition) is 1. The molecule has 1 aromatic carbocycles. The summed E-state index contributed by atoms with van der Waals surface area (Å²) in [7, 11) is -2.00. The van der Waals surface area contributed by atoms with Crippen molar-refractivity contribution in [3.05, 3.63) is 23.2 Å². The summed E-state index contributed by atoms with van der Waals surface area (Å²) in [5.74, 6) is 0.393. The number of halogens is 1. The third-order valence-electron chi connectivity index (χ3n) is 3.22. The number of unbranched alkanes of at least 4 members (excludes halogenated alkanes) is 1. The van der Waals surface area contributed by atoms with Gasteiger partial charge in [-0.2, -0.15) is 0 Å². The maximum atomic E-state index is 12.0. The van der Waals surface area contributed by atoms with Gasteiger partial charge in [0.25, 0.3) is 0 Å². The summed E-state index contributed by atoms with van der Waals surface area (Å²) < 4.78 is 30.2. The van der Waals surface area contributed by atoms with E-state index in [0.29, 0.717) is 22.9 Å². The van der Waals surface area contributed by atoms with Crippen molar-refractivity contribution in [1.82, 2.24) is 5.32 Å². The van der Waals surface area contributed by atoms with Gasteiger partial charge in [-0.05, 0) is 24.6 Å². The lowest BCUT2D eigenvalue weighted by Crippen LogP contribution is -2.38. The van der Waals surface area contributed by atoms with E-state index in [1.165, 1.54) is 17.5 Å². The molecule has 1 rings (SSSR count). The predicted octanol–water partition coefficient (Wildman–Crippen LogP) is 2.42. The molecule has 0 unspecified atom stereocenters. The zero-order valence-corrected chi connectivity index (χ0v) is 15.2. The number of nitrogens with zero attached hydrogens (tertiary/aromatic N) is 1. The number of ether oxygens (including phenoxy) is 1. The van der Waals surface area contributed by atoms with Gasteiger partial charge in [0.2, 0.25) is 15.9 Å². The SMILES string of the molecule is CCCCC(=O)NCCN(c1ccc(OC)c(Cl)c1)S(C)(=O)=O. The Kier molecular flexibility index (Phi) is 7.64. The predicted molar refractivity (Wildman–Crippen MR) is 92.7 cm³/mol. The molecule has 0 radical (unpaired) electrons. The monoisotopic (exact) mass is 362 g/mol. The van der Waals surface area contributed by atoms with Crippen molar-refractivity contribution in [3.8, 4) is 5.75 Å². The molecule has 0 saturated heterocycles. The molecule has 1 amide bonds. The minimum atomic E-state index is -3.49. The van der Waals surface area contributed by atoms with E-state index in [0.717, 1.165) is 19.1 Å². The topological polar surface area (TPSA) is 75.7 Å². The number of nitrogens with one attached hydrogen (secondary N) is 1. The molecular formula is C15H23ClN2O4S. The van der Waals surface area contributed by atoms with Gasteiger partial charge in [-0.25, -0.2) is 8.42 Å². The molecule has 0 aromatic heterocycles. The first kappa shape index (κ1) is 19.6. The van der Waals surface area contributed by atoms with Crippen LogP contribution in [-0.4, -0.2) is 40.8 Å². The lowest BCUT2D eigenvalue weighted by atomic mass is 10.2. The van der Waals surface area contributed by atoms with Gasteiger partial charge in [-0.3, -0.25) is 9.10 Å². The summed E-state index contributed by atoms with van der Waals surface area (Å²) in [5, 5.41) is 3.05. The number of carbonyl (C=O) groups excluding carboxylic acids is 1. The van der Waals surface area contributed by atoms with E-state index in [-0.39, 0.29) is 19.0 Å². The molecule has 0 spiro atoms. The highest BCUT2D eigenvalue weighted by Gasteiger charge is 2.18. The van der Waals surface area contributed by atoms with Crippen LogP contribution in [0.2, 0.25) is 5.02 Å². The summed E-state index contributed by atoms with van der Waals surface area (Å²) >= 11 is 6.05. The van der Waals surface area contributed by atoms with Crippen LogP contribution in [0.1, 0.15) is 26.2 Å². The second-order valence-electron chi connectivity index (χ2n) is 5.11. The van der Waals surface area contributed by atoms with Gasteiger partial charge < -0.3 is 10.1 Å². The first-order valence-corrected chi connectivity index (χ1v) is 9.60. The fourth-order valence-corrected chi connectivity index (χ4v) is 3.19. The van der Waals surface area contributed by atoms with Crippen LogP contribution in [0.15, 0.2) is 18.2 Å². The summed E-state index contributed by atoms with van der Waals surface area (Å²) in [4.78, 5) is 11.6. The van der Waals surface area contributed by atoms with Gasteiger partial charge in [-0.15, -0.1) is 0 Å². The van der Waals surface area contributed by atoms with Crippen LogP contribution < -0.4 is 14.4 Å². The first-order valence-electron chi connectivity index (χ1n) is 7.37. The molecular weight excluding hydrogens is 340 g/mol. The van der Waals surface area contributed by atoms with Crippen LogP contribution in [0.25, 0.3) is 0 Å². The Hall–Kier alpha value is -1.47. The average molecular weight is 363 g/mol. The molecule has 1 aromatic rings. The maximum absolute atomic E-state index is 12.0. The summed E-state index contributed by atoms with van der Waals surface area (Å²) in [6.07, 6.45) is 3.32. The number of carbonyl (C=O) groups is 1. The average Bonchev–Trinajstić information content (AvgIpc) is 2.48. The van der Waals surface area contributed by atoms with E-state index in [9.17, 15) is 13.2 Å². The molecule has 6 nitrogen and oxygen atoms in total. The third kappa shape index (κ3) is 6.27. The Morgan fingerprint density at radius 1 is 1.39 bits per heavy atom. The van der Waals surface area contributed by atoms with Gasteiger partial charge in [0, 0.05) is 13.0 Å². The molecule has 0 aliphatic heterocycles. The zero-order valence-electron chi connectivity index (χ0n) is 13.6. The number of hydrogen-bond acceptors (Lipinski definition) is 4. The van der Waals surface area contributed by atoms with Crippen LogP contribution in [0.4, 0.5) is 5.69 Å². The standard InChI is InChI=1S/C15H23ClN2O4S/c1-4-5-6-15(19)17-9-10-18(23(3,20)21)12-7-8-14(22-2)13(16)11-12/h7-8,11H,4-6,9-10H2,1-3H3,(H,17,19). The van der Waals surface area contributed by atoms with Crippen molar-refractivity contribution in [1.29, 1.82) is 0 Å². The molecule has 1 N–H and O–H groups in total. The van der Waals surface area contributed by atoms with Crippen LogP contribution in [-0.2, 0) is 14.8 Å². The molecule has 0 aliphatic carbocycles. The Morgan fingerprint density at radius 3 is 2.61 bits per heavy atom. The number of amides is 1. The second kappa shape index (κ2) is 8.98. The van der Waals surface area contributed by atoms with Gasteiger partial charge in [0.15, 0.2) is 0 Å². The summed E-state index contributed by atoms with van der Waals surface area (Å²) in [6, 6.07) is 4.75. The van der Waals surface area contributed by atoms with Crippen molar-refractivity contribution in [2.24, 2.45) is 0 Å². The van der Waals surface area contributed by atoms with Crippen molar-refractivity contribution in [3.63, 3.8) is 0 Å². The molecule has 23 heavy (non-hydrogen) atoms. The van der Waals surface area contributed by atoms with Gasteiger partial charge >= 0.3 is 0 Å². The number of methoxy groups -OCH3 is 1. The molecule has 0 aliphatic rings. The summed E-state index contributed by atoms with van der Waals surface area (Å²) in [5.41, 5.74) is 0.432. The van der Waals surface area contributed by atoms with Crippen LogP contribution in [0.5, 0.6) is 5.75 Å². The lowest BCUT2D eigenvalue weighted by Gasteiger charge is -2.23. The molecule has 0 fully saturated rings. The van der Waals surface area contributed by atoms with Crippen molar-refractivity contribution in [2.75, 3.05) is 30.8 Å². The number of anilines is 1. The van der Waals surface area contributed by atoms with Crippen LogP contribution in [0, 0.1) is 0 Å². The fourth-order valence-electron chi connectivity index (χ4n) is 2.02. The Morgan fingerprint density at radius 2 is 2.09 bits per heavy atom. The van der Waals surface area contributed by atoms with E-state index in [1.54, 1.807) is 12.1 Å². The minimum absolute atomic E-state index is 0.0759. The van der Waals surface area contributed by atoms with Crippen LogP contribution in [0.3, 0.4) is 0 Å². The van der Waals surface area contributed by atoms with Gasteiger partial charge in [0.1, 0.15) is 5.75 Å². The van der Waals surface area contributed by atoms with Crippen molar-refractivity contribution >= 4 is 33.2 Å². The smallest absolute Gasteiger partial charge is 0.232 e. The van der Waals surface area contributed by atoms with Gasteiger partial charge in [0.05, 0.1) is 30.6 Å². The second-order valence-corrected chi connectivity index (χ2v) is 7.42. The molecule has 0 saturated carbocycles.